The molecule has 138 valence electrons. The van der Waals surface area contributed by atoms with Crippen molar-refractivity contribution in [3.05, 3.63) is 70.9 Å². The summed E-state index contributed by atoms with van der Waals surface area (Å²) < 4.78 is 6.09. The third-order valence-electron chi connectivity index (χ3n) is 5.10. The van der Waals surface area contributed by atoms with E-state index in [9.17, 15) is 0 Å². The number of hydrogen-bond acceptors (Lipinski definition) is 3. The largest absolute Gasteiger partial charge is 0.435 e. The van der Waals surface area contributed by atoms with Gasteiger partial charge in [-0.3, -0.25) is 0 Å². The molecule has 0 unspecified atom stereocenters. The van der Waals surface area contributed by atoms with Crippen molar-refractivity contribution in [1.82, 2.24) is 4.98 Å². The van der Waals surface area contributed by atoms with Crippen molar-refractivity contribution in [2.24, 2.45) is 0 Å². The lowest BCUT2D eigenvalue weighted by Crippen LogP contribution is -2.20. The fraction of sp³-hybridized carbons (Fsp3) is 0.292. The van der Waals surface area contributed by atoms with Crippen LogP contribution in [0.5, 0.6) is 11.6 Å². The first-order valence-corrected chi connectivity index (χ1v) is 9.41. The lowest BCUT2D eigenvalue weighted by atomic mass is 9.84. The highest BCUT2D eigenvalue weighted by molar-refractivity contribution is 5.87. The molecule has 27 heavy (non-hydrogen) atoms. The Morgan fingerprint density at radius 1 is 0.889 bits per heavy atom. The molecular formula is C24H26N2O. The number of pyridine rings is 1. The molecule has 1 aliphatic heterocycles. The molecule has 0 amide bonds. The predicted molar refractivity (Wildman–Crippen MR) is 112 cm³/mol. The Kier molecular flexibility index (Phi) is 3.99. The molecule has 0 fully saturated rings. The Hall–Kier alpha value is -2.81. The van der Waals surface area contributed by atoms with Gasteiger partial charge in [0.25, 0.3) is 0 Å². The zero-order valence-electron chi connectivity index (χ0n) is 16.9. The maximum atomic E-state index is 6.09. The number of benzene rings is 2. The van der Waals surface area contributed by atoms with Crippen LogP contribution in [0.25, 0.3) is 0 Å². The second-order valence-corrected chi connectivity index (χ2v) is 8.45. The van der Waals surface area contributed by atoms with Crippen LogP contribution in [0.2, 0.25) is 0 Å². The minimum absolute atomic E-state index is 0.118. The van der Waals surface area contributed by atoms with Gasteiger partial charge in [-0.15, -0.1) is 0 Å². The molecule has 4 rings (SSSR count). The van der Waals surface area contributed by atoms with Gasteiger partial charge in [-0.2, -0.15) is 0 Å². The fourth-order valence-electron chi connectivity index (χ4n) is 3.72. The number of para-hydroxylation sites is 2. The first kappa shape index (κ1) is 17.6. The molecule has 0 spiro atoms. The van der Waals surface area contributed by atoms with Crippen LogP contribution in [0.1, 0.15) is 43.0 Å². The lowest BCUT2D eigenvalue weighted by molar-refractivity contribution is 0.457. The van der Waals surface area contributed by atoms with Crippen LogP contribution >= 0.6 is 0 Å². The molecule has 0 aliphatic carbocycles. The molecule has 1 aliphatic rings. The number of aromatic nitrogens is 1. The maximum Gasteiger partial charge on any atom is 0.243 e. The molecule has 0 radical (unpaired) electrons. The molecule has 3 heteroatoms. The topological polar surface area (TPSA) is 25.4 Å². The Labute approximate surface area is 161 Å². The van der Waals surface area contributed by atoms with Gasteiger partial charge in [-0.1, -0.05) is 45.0 Å². The van der Waals surface area contributed by atoms with Gasteiger partial charge in [0, 0.05) is 6.20 Å². The Morgan fingerprint density at radius 2 is 1.56 bits per heavy atom. The number of aryl methyl sites for hydroxylation is 3. The molecule has 1 aromatic heterocycles. The summed E-state index contributed by atoms with van der Waals surface area (Å²) in [6.07, 6.45) is 1.85. The van der Waals surface area contributed by atoms with Gasteiger partial charge < -0.3 is 9.64 Å². The van der Waals surface area contributed by atoms with Gasteiger partial charge in [0.05, 0.1) is 11.4 Å². The Morgan fingerprint density at radius 3 is 2.22 bits per heavy atom. The van der Waals surface area contributed by atoms with E-state index in [1.165, 1.54) is 22.4 Å². The van der Waals surface area contributed by atoms with Crippen LogP contribution in [-0.2, 0) is 5.41 Å². The zero-order chi connectivity index (χ0) is 19.3. The molecule has 0 saturated carbocycles. The van der Waals surface area contributed by atoms with Crippen molar-refractivity contribution in [2.75, 3.05) is 4.90 Å². The number of nitrogens with zero attached hydrogens (tertiary/aromatic N) is 2. The van der Waals surface area contributed by atoms with Gasteiger partial charge in [-0.05, 0) is 66.6 Å². The van der Waals surface area contributed by atoms with Gasteiger partial charge in [-0.25, -0.2) is 4.98 Å². The smallest absolute Gasteiger partial charge is 0.243 e. The van der Waals surface area contributed by atoms with Crippen molar-refractivity contribution in [2.45, 2.75) is 47.0 Å². The molecule has 3 aromatic rings. The van der Waals surface area contributed by atoms with Gasteiger partial charge >= 0.3 is 0 Å². The Bertz CT molecular complexity index is 1010. The molecule has 2 aromatic carbocycles. The van der Waals surface area contributed by atoms with E-state index in [0.717, 1.165) is 22.7 Å². The minimum Gasteiger partial charge on any atom is -0.435 e. The third kappa shape index (κ3) is 2.97. The summed E-state index contributed by atoms with van der Waals surface area (Å²) in [6.45, 7) is 13.2. The van der Waals surface area contributed by atoms with Crippen LogP contribution in [0, 0.1) is 20.8 Å². The third-order valence-corrected chi connectivity index (χ3v) is 5.10. The second-order valence-electron chi connectivity index (χ2n) is 8.45. The Balaban J connectivity index is 1.99. The van der Waals surface area contributed by atoms with E-state index in [0.29, 0.717) is 5.88 Å². The molecule has 3 nitrogen and oxygen atoms in total. The summed E-state index contributed by atoms with van der Waals surface area (Å²) in [5.74, 6) is 1.48. The summed E-state index contributed by atoms with van der Waals surface area (Å²) in [6, 6.07) is 14.9. The van der Waals surface area contributed by atoms with Crippen LogP contribution in [0.4, 0.5) is 17.1 Å². The SMILES string of the molecule is Cc1cnc2c(c1)N(c1c(C)cc(C(C)(C)C)cc1C)c1ccccc1O2. The van der Waals surface area contributed by atoms with Crippen molar-refractivity contribution in [1.29, 1.82) is 0 Å². The summed E-state index contributed by atoms with van der Waals surface area (Å²) in [5, 5.41) is 0. The van der Waals surface area contributed by atoms with E-state index in [-0.39, 0.29) is 5.41 Å². The quantitative estimate of drug-likeness (QED) is 0.371. The summed E-state index contributed by atoms with van der Waals surface area (Å²) in [7, 11) is 0. The first-order valence-electron chi connectivity index (χ1n) is 9.41. The van der Waals surface area contributed by atoms with Crippen LogP contribution in [-0.4, -0.2) is 4.98 Å². The van der Waals surface area contributed by atoms with E-state index in [1.54, 1.807) is 0 Å². The van der Waals surface area contributed by atoms with E-state index in [4.69, 9.17) is 4.74 Å². The highest BCUT2D eigenvalue weighted by Crippen LogP contribution is 2.51. The van der Waals surface area contributed by atoms with Gasteiger partial charge in [0.1, 0.15) is 5.69 Å². The standard InChI is InChI=1S/C24H26N2O/c1-15-11-20-23(25-14-15)27-21-10-8-7-9-19(21)26(20)22-16(2)12-18(13-17(22)3)24(4,5)6/h7-14H,1-6H3. The van der Waals surface area contributed by atoms with Crippen LogP contribution < -0.4 is 9.64 Å². The van der Waals surface area contributed by atoms with E-state index in [1.807, 2.05) is 18.3 Å². The molecule has 0 bridgehead atoms. The molecule has 0 N–H and O–H groups in total. The highest BCUT2D eigenvalue weighted by atomic mass is 16.5. The average Bonchev–Trinajstić information content (AvgIpc) is 2.60. The molecule has 0 saturated heterocycles. The summed E-state index contributed by atoms with van der Waals surface area (Å²) in [5.41, 5.74) is 8.33. The second kappa shape index (κ2) is 6.12. The molecule has 2 heterocycles. The molecular weight excluding hydrogens is 332 g/mol. The monoisotopic (exact) mass is 358 g/mol. The summed E-state index contributed by atoms with van der Waals surface area (Å²) >= 11 is 0. The predicted octanol–water partition coefficient (Wildman–Crippen LogP) is 6.88. The van der Waals surface area contributed by atoms with Crippen LogP contribution in [0.15, 0.2) is 48.7 Å². The highest BCUT2D eigenvalue weighted by Gasteiger charge is 2.29. The number of hydrogen-bond donors (Lipinski definition) is 0. The van der Waals surface area contributed by atoms with E-state index >= 15 is 0 Å². The van der Waals surface area contributed by atoms with Crippen molar-refractivity contribution >= 4 is 17.1 Å². The fourth-order valence-corrected chi connectivity index (χ4v) is 3.72. The normalized spacial score (nSPS) is 13.0. The van der Waals surface area contributed by atoms with Crippen LogP contribution in [0.3, 0.4) is 0 Å². The number of ether oxygens (including phenoxy) is 1. The van der Waals surface area contributed by atoms with E-state index in [2.05, 4.69) is 81.8 Å². The van der Waals surface area contributed by atoms with Crippen molar-refractivity contribution < 1.29 is 4.74 Å². The first-order chi connectivity index (χ1) is 12.8. The number of rotatable bonds is 1. The molecule has 0 atom stereocenters. The number of fused-ring (bicyclic) bond motifs is 2. The van der Waals surface area contributed by atoms with Gasteiger partial charge in [0.15, 0.2) is 5.75 Å². The number of anilines is 3. The zero-order valence-corrected chi connectivity index (χ0v) is 16.9. The maximum absolute atomic E-state index is 6.09. The summed E-state index contributed by atoms with van der Waals surface area (Å²) in [4.78, 5) is 6.84. The van der Waals surface area contributed by atoms with E-state index < -0.39 is 0 Å². The minimum atomic E-state index is 0.118. The lowest BCUT2D eigenvalue weighted by Gasteiger charge is -2.35. The van der Waals surface area contributed by atoms with Gasteiger partial charge in [0.2, 0.25) is 5.88 Å². The average molecular weight is 358 g/mol. The van der Waals surface area contributed by atoms with Crippen molar-refractivity contribution in [3.63, 3.8) is 0 Å². The van der Waals surface area contributed by atoms with Crippen molar-refractivity contribution in [3.8, 4) is 11.6 Å².